The lowest BCUT2D eigenvalue weighted by atomic mass is 10.2. The van der Waals surface area contributed by atoms with Crippen LogP contribution in [0.25, 0.3) is 11.0 Å². The van der Waals surface area contributed by atoms with E-state index in [0.717, 1.165) is 29.8 Å². The highest BCUT2D eigenvalue weighted by molar-refractivity contribution is 5.86. The number of nitrogens with two attached hydrogens (primary N) is 1. The largest absolute Gasteiger partial charge is 0.330 e. The maximum Gasteiger partial charge on any atom is 0.111 e. The third-order valence-corrected chi connectivity index (χ3v) is 3.19. The van der Waals surface area contributed by atoms with Crippen LogP contribution in [0.15, 0.2) is 48.8 Å². The van der Waals surface area contributed by atoms with Gasteiger partial charge in [-0.05, 0) is 36.4 Å². The van der Waals surface area contributed by atoms with Crippen LogP contribution in [0.3, 0.4) is 0 Å². The number of hydrogen-bond acceptors (Lipinski definition) is 3. The summed E-state index contributed by atoms with van der Waals surface area (Å²) < 4.78 is 2.23. The van der Waals surface area contributed by atoms with Crippen molar-refractivity contribution in [2.45, 2.75) is 13.0 Å². The second-order valence-electron chi connectivity index (χ2n) is 4.50. The summed E-state index contributed by atoms with van der Waals surface area (Å²) in [7, 11) is 0. The number of benzene rings is 1. The molecule has 0 unspecified atom stereocenters. The van der Waals surface area contributed by atoms with Gasteiger partial charge in [-0.15, -0.1) is 37.2 Å². The van der Waals surface area contributed by atoms with E-state index >= 15 is 0 Å². The van der Waals surface area contributed by atoms with E-state index in [1.54, 1.807) is 0 Å². The predicted molar refractivity (Wildman–Crippen MR) is 97.6 cm³/mol. The van der Waals surface area contributed by atoms with E-state index in [1.807, 2.05) is 42.7 Å². The molecule has 3 aromatic rings. The molecule has 3 rings (SSSR count). The lowest BCUT2D eigenvalue weighted by molar-refractivity contribution is 0.734. The van der Waals surface area contributed by atoms with Crippen LogP contribution in [-0.4, -0.2) is 21.1 Å². The van der Waals surface area contributed by atoms with Crippen LogP contribution in [0.4, 0.5) is 0 Å². The van der Waals surface area contributed by atoms with Gasteiger partial charge in [0, 0.05) is 25.4 Å². The normalized spacial score (nSPS) is 9.50. The molecule has 0 bridgehead atoms. The number of hydrogen-bond donors (Lipinski definition) is 1. The Labute approximate surface area is 148 Å². The van der Waals surface area contributed by atoms with Crippen molar-refractivity contribution in [3.8, 4) is 0 Å². The van der Waals surface area contributed by atoms with Crippen molar-refractivity contribution < 1.29 is 0 Å². The predicted octanol–water partition coefficient (Wildman–Crippen LogP) is 3.25. The van der Waals surface area contributed by atoms with Crippen molar-refractivity contribution in [1.82, 2.24) is 14.5 Å². The fourth-order valence-corrected chi connectivity index (χ4v) is 2.29. The zero-order valence-electron chi connectivity index (χ0n) is 11.9. The quantitative estimate of drug-likeness (QED) is 0.776. The summed E-state index contributed by atoms with van der Waals surface area (Å²) >= 11 is 0. The van der Waals surface area contributed by atoms with Crippen molar-refractivity contribution in [2.24, 2.45) is 5.73 Å². The lowest BCUT2D eigenvalue weighted by Crippen LogP contribution is -2.10. The minimum Gasteiger partial charge on any atom is -0.330 e. The molecule has 1 aromatic carbocycles. The summed E-state index contributed by atoms with van der Waals surface area (Å²) in [5.41, 5.74) is 9.08. The molecule has 0 aliphatic carbocycles. The Bertz CT molecular complexity index is 686. The summed E-state index contributed by atoms with van der Waals surface area (Å²) in [5, 5.41) is 0. The van der Waals surface area contributed by atoms with Crippen LogP contribution in [0.1, 0.15) is 11.4 Å². The summed E-state index contributed by atoms with van der Waals surface area (Å²) in [6.07, 6.45) is 4.42. The highest BCUT2D eigenvalue weighted by Gasteiger charge is 2.09. The second-order valence-corrected chi connectivity index (χ2v) is 4.50. The number of para-hydroxylation sites is 2. The summed E-state index contributed by atoms with van der Waals surface area (Å²) in [6, 6.07) is 12.3. The Morgan fingerprint density at radius 3 is 2.32 bits per heavy atom. The lowest BCUT2D eigenvalue weighted by Gasteiger charge is -2.08. The van der Waals surface area contributed by atoms with Crippen molar-refractivity contribution in [2.75, 3.05) is 6.54 Å². The molecule has 2 heterocycles. The zero-order valence-corrected chi connectivity index (χ0v) is 14.3. The van der Waals surface area contributed by atoms with Gasteiger partial charge in [0.25, 0.3) is 0 Å². The Morgan fingerprint density at radius 2 is 1.64 bits per heavy atom. The molecule has 0 spiro atoms. The average molecular weight is 362 g/mol. The number of imidazole rings is 1. The molecule has 7 heteroatoms. The summed E-state index contributed by atoms with van der Waals surface area (Å²) in [6.45, 7) is 1.41. The molecule has 0 aliphatic rings. The average Bonchev–Trinajstić information content (AvgIpc) is 2.79. The monoisotopic (exact) mass is 360 g/mol. The van der Waals surface area contributed by atoms with Gasteiger partial charge in [0.05, 0.1) is 11.0 Å². The molecular weight excluding hydrogens is 343 g/mol. The molecule has 22 heavy (non-hydrogen) atoms. The molecule has 0 fully saturated rings. The molecule has 120 valence electrons. The molecule has 4 nitrogen and oxygen atoms in total. The molecule has 2 aromatic heterocycles. The first-order valence-corrected chi connectivity index (χ1v) is 6.41. The Hall–Kier alpha value is -1.33. The number of fused-ring (bicyclic) bond motifs is 1. The molecule has 0 amide bonds. The van der Waals surface area contributed by atoms with Crippen LogP contribution >= 0.6 is 37.2 Å². The molecule has 0 radical (unpaired) electrons. The van der Waals surface area contributed by atoms with Gasteiger partial charge in [-0.3, -0.25) is 4.98 Å². The fraction of sp³-hybridized carbons (Fsp3) is 0.200. The summed E-state index contributed by atoms with van der Waals surface area (Å²) in [5.74, 6) is 1.04. The number of aromatic nitrogens is 3. The third-order valence-electron chi connectivity index (χ3n) is 3.19. The van der Waals surface area contributed by atoms with Crippen LogP contribution < -0.4 is 5.73 Å². The number of halogens is 3. The van der Waals surface area contributed by atoms with Crippen molar-refractivity contribution in [3.05, 3.63) is 60.2 Å². The van der Waals surface area contributed by atoms with Gasteiger partial charge in [0.15, 0.2) is 0 Å². The van der Waals surface area contributed by atoms with Crippen molar-refractivity contribution >= 4 is 48.3 Å². The topological polar surface area (TPSA) is 56.7 Å². The van der Waals surface area contributed by atoms with Crippen LogP contribution in [-0.2, 0) is 13.0 Å². The second kappa shape index (κ2) is 9.64. The Kier molecular flexibility index (Phi) is 9.06. The maximum absolute atomic E-state index is 5.68. The minimum absolute atomic E-state index is 0. The van der Waals surface area contributed by atoms with Crippen LogP contribution in [0, 0.1) is 0 Å². The number of rotatable bonds is 4. The Morgan fingerprint density at radius 1 is 0.955 bits per heavy atom. The van der Waals surface area contributed by atoms with E-state index in [1.165, 1.54) is 5.56 Å². The Balaban J connectivity index is 0.00000147. The van der Waals surface area contributed by atoms with Crippen LogP contribution in [0.5, 0.6) is 0 Å². The fourth-order valence-electron chi connectivity index (χ4n) is 2.29. The van der Waals surface area contributed by atoms with Gasteiger partial charge in [0.2, 0.25) is 0 Å². The summed E-state index contributed by atoms with van der Waals surface area (Å²) in [4.78, 5) is 8.72. The molecular formula is C15H19Cl3N4. The zero-order chi connectivity index (χ0) is 13.1. The highest BCUT2D eigenvalue weighted by atomic mass is 35.5. The van der Waals surface area contributed by atoms with Crippen molar-refractivity contribution in [3.63, 3.8) is 0 Å². The molecule has 0 saturated carbocycles. The van der Waals surface area contributed by atoms with E-state index < -0.39 is 0 Å². The van der Waals surface area contributed by atoms with E-state index in [4.69, 9.17) is 5.73 Å². The van der Waals surface area contributed by atoms with E-state index in [-0.39, 0.29) is 37.2 Å². The SMILES string of the molecule is Cl.Cl.Cl.NCCc1nc2ccccc2n1Cc1ccncc1. The standard InChI is InChI=1S/C15H16N4.3ClH/c16-8-5-15-18-13-3-1-2-4-14(13)19(15)11-12-6-9-17-10-7-12;;;/h1-4,6-7,9-10H,5,8,11,16H2;3*1H. The maximum atomic E-state index is 5.68. The van der Waals surface area contributed by atoms with Gasteiger partial charge < -0.3 is 10.3 Å². The first-order chi connectivity index (χ1) is 9.38. The van der Waals surface area contributed by atoms with Gasteiger partial charge in [0.1, 0.15) is 5.82 Å². The highest BCUT2D eigenvalue weighted by Crippen LogP contribution is 2.18. The number of nitrogens with zero attached hydrogens (tertiary/aromatic N) is 3. The molecule has 0 saturated heterocycles. The smallest absolute Gasteiger partial charge is 0.111 e. The van der Waals surface area contributed by atoms with E-state index in [2.05, 4.69) is 20.6 Å². The van der Waals surface area contributed by atoms with Crippen molar-refractivity contribution in [1.29, 1.82) is 0 Å². The first kappa shape index (κ1) is 20.7. The van der Waals surface area contributed by atoms with Gasteiger partial charge >= 0.3 is 0 Å². The van der Waals surface area contributed by atoms with E-state index in [9.17, 15) is 0 Å². The van der Waals surface area contributed by atoms with Crippen LogP contribution in [0.2, 0.25) is 0 Å². The van der Waals surface area contributed by atoms with Gasteiger partial charge in [-0.2, -0.15) is 0 Å². The molecule has 2 N–H and O–H groups in total. The molecule has 0 aliphatic heterocycles. The van der Waals surface area contributed by atoms with Gasteiger partial charge in [-0.25, -0.2) is 4.98 Å². The third kappa shape index (κ3) is 4.34. The minimum atomic E-state index is 0. The first-order valence-electron chi connectivity index (χ1n) is 6.41. The van der Waals surface area contributed by atoms with E-state index in [0.29, 0.717) is 6.54 Å². The molecule has 0 atom stereocenters. The number of pyridine rings is 1. The van der Waals surface area contributed by atoms with Gasteiger partial charge in [-0.1, -0.05) is 12.1 Å².